The third-order valence-electron chi connectivity index (χ3n) is 3.44. The van der Waals surface area contributed by atoms with Gasteiger partial charge in [-0.05, 0) is 24.6 Å². The minimum atomic E-state index is -0.898. The highest BCUT2D eigenvalue weighted by Crippen LogP contribution is 2.36. The number of carbonyl (C=O) groups excluding carboxylic acids is 1. The lowest BCUT2D eigenvalue weighted by molar-refractivity contribution is 0.112. The molecule has 3 heteroatoms. The van der Waals surface area contributed by atoms with Gasteiger partial charge in [-0.1, -0.05) is 72.8 Å². The van der Waals surface area contributed by atoms with E-state index in [4.69, 9.17) is 0 Å². The molecule has 0 bridgehead atoms. The average molecular weight is 306 g/mol. The quantitative estimate of drug-likeness (QED) is 0.594. The van der Waals surface area contributed by atoms with E-state index in [9.17, 15) is 9.90 Å². The first-order chi connectivity index (χ1) is 10.8. The van der Waals surface area contributed by atoms with Crippen molar-refractivity contribution in [2.75, 3.05) is 0 Å². The number of aldehydes is 1. The van der Waals surface area contributed by atoms with Gasteiger partial charge in [-0.3, -0.25) is 4.79 Å². The number of hydrogen-bond acceptors (Lipinski definition) is 2. The molecule has 2 nitrogen and oxygen atoms in total. The van der Waals surface area contributed by atoms with Crippen LogP contribution in [0.1, 0.15) is 10.4 Å². The normalized spacial score (nSPS) is 10.6. The number of benzene rings is 3. The maximum atomic E-state index is 11.1. The Hall–Kier alpha value is -2.44. The van der Waals surface area contributed by atoms with E-state index >= 15 is 0 Å². The van der Waals surface area contributed by atoms with Gasteiger partial charge in [0.25, 0.3) is 0 Å². The molecular formula is C19H15O2P. The standard InChI is InChI=1S/C19H15O2P/c20-14-15-8-7-13-18(19(15)21)22(16-9-3-1-4-10-16)17-11-5-2-6-12-17/h1-14,21H. The summed E-state index contributed by atoms with van der Waals surface area (Å²) in [5.74, 6) is 0.0799. The Morgan fingerprint density at radius 3 is 1.77 bits per heavy atom. The molecule has 22 heavy (non-hydrogen) atoms. The Balaban J connectivity index is 2.21. The first-order valence-corrected chi connectivity index (χ1v) is 8.33. The van der Waals surface area contributed by atoms with Crippen LogP contribution in [0.15, 0.2) is 78.9 Å². The van der Waals surface area contributed by atoms with E-state index in [0.29, 0.717) is 11.8 Å². The van der Waals surface area contributed by atoms with Gasteiger partial charge in [0.2, 0.25) is 0 Å². The third-order valence-corrected chi connectivity index (χ3v) is 5.91. The second kappa shape index (κ2) is 6.55. The SMILES string of the molecule is O=Cc1cccc(P(c2ccccc2)c2ccccc2)c1O. The Bertz CT molecular complexity index is 730. The summed E-state index contributed by atoms with van der Waals surface area (Å²) in [5, 5.41) is 13.6. The smallest absolute Gasteiger partial charge is 0.153 e. The van der Waals surface area contributed by atoms with Gasteiger partial charge in [0.15, 0.2) is 6.29 Å². The van der Waals surface area contributed by atoms with Crippen LogP contribution in [0.4, 0.5) is 0 Å². The van der Waals surface area contributed by atoms with Crippen LogP contribution in [0.2, 0.25) is 0 Å². The molecule has 1 N–H and O–H groups in total. The summed E-state index contributed by atoms with van der Waals surface area (Å²) in [6.45, 7) is 0. The molecule has 3 rings (SSSR count). The molecular weight excluding hydrogens is 291 g/mol. The molecule has 0 aliphatic heterocycles. The molecule has 3 aromatic carbocycles. The zero-order chi connectivity index (χ0) is 15.4. The van der Waals surface area contributed by atoms with Crippen molar-refractivity contribution in [2.24, 2.45) is 0 Å². The maximum Gasteiger partial charge on any atom is 0.153 e. The van der Waals surface area contributed by atoms with Gasteiger partial charge in [0.05, 0.1) is 5.56 Å². The lowest BCUT2D eigenvalue weighted by Crippen LogP contribution is -2.21. The molecule has 0 atom stereocenters. The van der Waals surface area contributed by atoms with Crippen molar-refractivity contribution in [2.45, 2.75) is 0 Å². The fourth-order valence-corrected chi connectivity index (χ4v) is 4.78. The van der Waals surface area contributed by atoms with E-state index in [-0.39, 0.29) is 5.75 Å². The van der Waals surface area contributed by atoms with Gasteiger partial charge in [-0.25, -0.2) is 0 Å². The van der Waals surface area contributed by atoms with Gasteiger partial charge < -0.3 is 5.11 Å². The van der Waals surface area contributed by atoms with Crippen LogP contribution in [-0.2, 0) is 0 Å². The topological polar surface area (TPSA) is 37.3 Å². The fraction of sp³-hybridized carbons (Fsp3) is 0. The van der Waals surface area contributed by atoms with Gasteiger partial charge in [-0.2, -0.15) is 0 Å². The van der Waals surface area contributed by atoms with Crippen molar-refractivity contribution in [1.29, 1.82) is 0 Å². The van der Waals surface area contributed by atoms with Gasteiger partial charge >= 0.3 is 0 Å². The third kappa shape index (κ3) is 2.79. The molecule has 0 aliphatic rings. The average Bonchev–Trinajstić information content (AvgIpc) is 2.59. The highest BCUT2D eigenvalue weighted by atomic mass is 31.1. The van der Waals surface area contributed by atoms with Crippen molar-refractivity contribution in [1.82, 2.24) is 0 Å². The molecule has 3 aromatic rings. The van der Waals surface area contributed by atoms with Crippen LogP contribution in [0.5, 0.6) is 5.75 Å². The molecule has 0 spiro atoms. The van der Waals surface area contributed by atoms with E-state index < -0.39 is 7.92 Å². The molecule has 0 heterocycles. The zero-order valence-corrected chi connectivity index (χ0v) is 12.8. The summed E-state index contributed by atoms with van der Waals surface area (Å²) >= 11 is 0. The lowest BCUT2D eigenvalue weighted by atomic mass is 10.2. The van der Waals surface area contributed by atoms with Crippen LogP contribution >= 0.6 is 7.92 Å². The van der Waals surface area contributed by atoms with Crippen LogP contribution in [0.25, 0.3) is 0 Å². The summed E-state index contributed by atoms with van der Waals surface area (Å²) in [7, 11) is -0.898. The number of phenolic OH excluding ortho intramolecular Hbond substituents is 1. The van der Waals surface area contributed by atoms with E-state index in [1.54, 1.807) is 6.07 Å². The molecule has 0 fully saturated rings. The van der Waals surface area contributed by atoms with Crippen molar-refractivity contribution < 1.29 is 9.90 Å². The Morgan fingerprint density at radius 1 is 0.727 bits per heavy atom. The molecule has 108 valence electrons. The highest BCUT2D eigenvalue weighted by Gasteiger charge is 2.20. The molecule has 0 aromatic heterocycles. The number of carbonyl (C=O) groups is 1. The summed E-state index contributed by atoms with van der Waals surface area (Å²) in [6.07, 6.45) is 0.697. The number of rotatable bonds is 4. The second-order valence-corrected chi connectivity index (χ2v) is 7.02. The monoisotopic (exact) mass is 306 g/mol. The van der Waals surface area contributed by atoms with E-state index in [1.807, 2.05) is 48.5 Å². The Kier molecular flexibility index (Phi) is 4.32. The van der Waals surface area contributed by atoms with Crippen LogP contribution < -0.4 is 15.9 Å². The Morgan fingerprint density at radius 2 is 1.27 bits per heavy atom. The van der Waals surface area contributed by atoms with Crippen molar-refractivity contribution in [3.63, 3.8) is 0 Å². The molecule has 0 saturated carbocycles. The molecule has 0 unspecified atom stereocenters. The van der Waals surface area contributed by atoms with Crippen LogP contribution in [0.3, 0.4) is 0 Å². The predicted molar refractivity (Wildman–Crippen MR) is 92.2 cm³/mol. The largest absolute Gasteiger partial charge is 0.507 e. The molecule has 0 saturated heterocycles. The van der Waals surface area contributed by atoms with Gasteiger partial charge in [0, 0.05) is 5.30 Å². The minimum Gasteiger partial charge on any atom is -0.507 e. The van der Waals surface area contributed by atoms with Crippen molar-refractivity contribution in [3.05, 3.63) is 84.4 Å². The maximum absolute atomic E-state index is 11.1. The predicted octanol–water partition coefficient (Wildman–Crippen LogP) is 2.96. The van der Waals surface area contributed by atoms with Crippen LogP contribution in [-0.4, -0.2) is 11.4 Å². The van der Waals surface area contributed by atoms with Crippen molar-refractivity contribution >= 4 is 30.1 Å². The molecule has 0 aliphatic carbocycles. The highest BCUT2D eigenvalue weighted by molar-refractivity contribution is 7.80. The molecule has 0 amide bonds. The number of aromatic hydroxyl groups is 1. The zero-order valence-electron chi connectivity index (χ0n) is 11.9. The van der Waals surface area contributed by atoms with Crippen LogP contribution in [0, 0.1) is 0 Å². The second-order valence-electron chi connectivity index (χ2n) is 4.84. The summed E-state index contributed by atoms with van der Waals surface area (Å²) in [4.78, 5) is 11.1. The summed E-state index contributed by atoms with van der Waals surface area (Å²) in [5.41, 5.74) is 0.330. The van der Waals surface area contributed by atoms with Crippen molar-refractivity contribution in [3.8, 4) is 5.75 Å². The number of hydrogen-bond donors (Lipinski definition) is 1. The van der Waals surface area contributed by atoms with Gasteiger partial charge in [-0.15, -0.1) is 0 Å². The van der Waals surface area contributed by atoms with E-state index in [0.717, 1.165) is 15.9 Å². The van der Waals surface area contributed by atoms with Gasteiger partial charge in [0.1, 0.15) is 5.75 Å². The first kappa shape index (κ1) is 14.5. The Labute approximate surface area is 130 Å². The van der Waals surface area contributed by atoms with E-state index in [1.165, 1.54) is 0 Å². The number of para-hydroxylation sites is 1. The summed E-state index contributed by atoms with van der Waals surface area (Å²) in [6, 6.07) is 25.5. The van der Waals surface area contributed by atoms with E-state index in [2.05, 4.69) is 24.3 Å². The first-order valence-electron chi connectivity index (χ1n) is 6.98. The summed E-state index contributed by atoms with van der Waals surface area (Å²) < 4.78 is 0. The lowest BCUT2D eigenvalue weighted by Gasteiger charge is -2.20. The minimum absolute atomic E-state index is 0.0799. The number of phenols is 1. The molecule has 0 radical (unpaired) electrons. The fourth-order valence-electron chi connectivity index (χ4n) is 2.41.